The number of carbonyl (C=O) groups is 3. The molecule has 11 nitrogen and oxygen atoms in total. The molecule has 0 aliphatic carbocycles. The number of likely N-dealkylation sites (N-methyl/N-ethyl adjacent to an activating group) is 1. The van der Waals surface area contributed by atoms with E-state index >= 15 is 0 Å². The Bertz CT molecular complexity index is 1070. The number of carbonyl (C=O) groups excluding carboxylic acids is 3. The molecule has 1 unspecified atom stereocenters. The molecule has 14 heteroatoms. The molecule has 1 fully saturated rings. The third-order valence-electron chi connectivity index (χ3n) is 5.43. The molecule has 0 bridgehead atoms. The molecular weight excluding hydrogens is 473 g/mol. The second-order valence-electron chi connectivity index (χ2n) is 7.84. The Kier molecular flexibility index (Phi) is 7.92. The summed E-state index contributed by atoms with van der Waals surface area (Å²) in [6, 6.07) is 2.52. The van der Waals surface area contributed by atoms with Gasteiger partial charge in [-0.05, 0) is 25.8 Å². The standard InChI is InChI=1S/C21H25F3N6O5/c1-4-35-20(33)13-6-5-9-29(11-13)17(31)12-28(2)19(32)14-10-25-30(18(14)21(22,23)24)15-7-8-16(34-3)27-26-15/h7-8,10,13H,4-6,9,11-12H2,1-3H3. The number of aromatic nitrogens is 4. The normalized spacial score (nSPS) is 16.1. The van der Waals surface area contributed by atoms with Crippen molar-refractivity contribution >= 4 is 17.8 Å². The summed E-state index contributed by atoms with van der Waals surface area (Å²) >= 11 is 0. The lowest BCUT2D eigenvalue weighted by Crippen LogP contribution is -2.47. The summed E-state index contributed by atoms with van der Waals surface area (Å²) in [5.74, 6) is -2.59. The van der Waals surface area contributed by atoms with Gasteiger partial charge in [0.1, 0.15) is 0 Å². The summed E-state index contributed by atoms with van der Waals surface area (Å²) in [6.07, 6.45) is -3.04. The maximum atomic E-state index is 13.9. The highest BCUT2D eigenvalue weighted by molar-refractivity contribution is 5.97. The molecule has 0 radical (unpaired) electrons. The molecule has 1 aliphatic rings. The fraction of sp³-hybridized carbons (Fsp3) is 0.524. The minimum Gasteiger partial charge on any atom is -0.480 e. The second-order valence-corrected chi connectivity index (χ2v) is 7.84. The van der Waals surface area contributed by atoms with Crippen LogP contribution in [0, 0.1) is 5.92 Å². The average molecular weight is 498 g/mol. The van der Waals surface area contributed by atoms with Gasteiger partial charge in [-0.3, -0.25) is 14.4 Å². The molecule has 35 heavy (non-hydrogen) atoms. The highest BCUT2D eigenvalue weighted by Crippen LogP contribution is 2.34. The first kappa shape index (κ1) is 25.9. The van der Waals surface area contributed by atoms with Crippen molar-refractivity contribution in [2.24, 2.45) is 5.92 Å². The minimum absolute atomic E-state index is 0.0897. The van der Waals surface area contributed by atoms with Crippen molar-refractivity contribution in [3.63, 3.8) is 0 Å². The zero-order chi connectivity index (χ0) is 25.8. The van der Waals surface area contributed by atoms with E-state index in [-0.39, 0.29) is 24.8 Å². The maximum Gasteiger partial charge on any atom is 0.434 e. The van der Waals surface area contributed by atoms with Crippen molar-refractivity contribution in [3.05, 3.63) is 29.6 Å². The number of esters is 1. The predicted octanol–water partition coefficient (Wildman–Crippen LogP) is 1.56. The van der Waals surface area contributed by atoms with Gasteiger partial charge in [0, 0.05) is 26.2 Å². The van der Waals surface area contributed by atoms with E-state index in [1.165, 1.54) is 31.2 Å². The number of piperidine rings is 1. The molecule has 190 valence electrons. The molecule has 2 aromatic heterocycles. The Hall–Kier alpha value is -3.71. The average Bonchev–Trinajstić information content (AvgIpc) is 3.29. The number of ether oxygens (including phenoxy) is 2. The number of hydrogen-bond donors (Lipinski definition) is 0. The van der Waals surface area contributed by atoms with Gasteiger partial charge in [-0.1, -0.05) is 0 Å². The molecule has 2 aromatic rings. The first-order valence-electron chi connectivity index (χ1n) is 10.8. The molecule has 0 N–H and O–H groups in total. The Morgan fingerprint density at radius 2 is 1.97 bits per heavy atom. The summed E-state index contributed by atoms with van der Waals surface area (Å²) in [7, 11) is 2.55. The SMILES string of the molecule is CCOC(=O)C1CCCN(C(=O)CN(C)C(=O)c2cnn(-c3ccc(OC)nn3)c2C(F)(F)F)C1. The Morgan fingerprint density at radius 1 is 1.23 bits per heavy atom. The van der Waals surface area contributed by atoms with E-state index < -0.39 is 47.7 Å². The molecule has 3 rings (SSSR count). The molecule has 0 aromatic carbocycles. The lowest BCUT2D eigenvalue weighted by atomic mass is 9.98. The predicted molar refractivity (Wildman–Crippen MR) is 114 cm³/mol. The second kappa shape index (κ2) is 10.7. The van der Waals surface area contributed by atoms with Crippen molar-refractivity contribution in [1.29, 1.82) is 0 Å². The van der Waals surface area contributed by atoms with Gasteiger partial charge in [0.05, 0.1) is 37.9 Å². The number of alkyl halides is 3. The van der Waals surface area contributed by atoms with E-state index in [4.69, 9.17) is 9.47 Å². The molecule has 0 saturated carbocycles. The van der Waals surface area contributed by atoms with Crippen molar-refractivity contribution < 1.29 is 37.0 Å². The minimum atomic E-state index is -4.95. The van der Waals surface area contributed by atoms with Gasteiger partial charge in [-0.15, -0.1) is 10.2 Å². The number of rotatable bonds is 7. The van der Waals surface area contributed by atoms with Crippen LogP contribution < -0.4 is 4.74 Å². The molecule has 1 aliphatic heterocycles. The first-order chi connectivity index (χ1) is 16.6. The van der Waals surface area contributed by atoms with Crippen LogP contribution in [-0.4, -0.2) is 88.0 Å². The van der Waals surface area contributed by atoms with Gasteiger partial charge in [0.2, 0.25) is 11.8 Å². The Labute approximate surface area is 198 Å². The molecule has 3 heterocycles. The summed E-state index contributed by atoms with van der Waals surface area (Å²) in [6.45, 7) is 1.93. The monoisotopic (exact) mass is 498 g/mol. The van der Waals surface area contributed by atoms with Crippen LogP contribution in [0.2, 0.25) is 0 Å². The van der Waals surface area contributed by atoms with E-state index in [1.54, 1.807) is 6.92 Å². The fourth-order valence-corrected chi connectivity index (χ4v) is 3.72. The summed E-state index contributed by atoms with van der Waals surface area (Å²) in [5, 5.41) is 11.0. The van der Waals surface area contributed by atoms with Crippen LogP contribution in [-0.2, 0) is 20.5 Å². The van der Waals surface area contributed by atoms with Crippen LogP contribution >= 0.6 is 0 Å². The third kappa shape index (κ3) is 5.87. The van der Waals surface area contributed by atoms with Crippen LogP contribution in [0.15, 0.2) is 18.3 Å². The van der Waals surface area contributed by atoms with Gasteiger partial charge < -0.3 is 19.3 Å². The zero-order valence-electron chi connectivity index (χ0n) is 19.4. The first-order valence-corrected chi connectivity index (χ1v) is 10.8. The summed E-state index contributed by atoms with van der Waals surface area (Å²) in [5.41, 5.74) is -2.09. The highest BCUT2D eigenvalue weighted by Gasteiger charge is 2.42. The largest absolute Gasteiger partial charge is 0.480 e. The topological polar surface area (TPSA) is 120 Å². The van der Waals surface area contributed by atoms with Gasteiger partial charge in [0.25, 0.3) is 5.91 Å². The van der Waals surface area contributed by atoms with Gasteiger partial charge >= 0.3 is 12.1 Å². The molecule has 1 atom stereocenters. The number of halogens is 3. The number of likely N-dealkylation sites (tertiary alicyclic amines) is 1. The van der Waals surface area contributed by atoms with Crippen molar-refractivity contribution in [1.82, 2.24) is 29.8 Å². The van der Waals surface area contributed by atoms with Crippen LogP contribution in [0.3, 0.4) is 0 Å². The summed E-state index contributed by atoms with van der Waals surface area (Å²) < 4.78 is 52.0. The number of methoxy groups -OCH3 is 1. The smallest absolute Gasteiger partial charge is 0.434 e. The van der Waals surface area contributed by atoms with Gasteiger partial charge in [-0.25, -0.2) is 4.68 Å². The van der Waals surface area contributed by atoms with E-state index in [2.05, 4.69) is 15.3 Å². The van der Waals surface area contributed by atoms with Crippen LogP contribution in [0.4, 0.5) is 13.2 Å². The van der Waals surface area contributed by atoms with Crippen molar-refractivity contribution in [2.45, 2.75) is 25.9 Å². The van der Waals surface area contributed by atoms with Crippen LogP contribution in [0.25, 0.3) is 5.82 Å². The molecular formula is C21H25F3N6O5. The zero-order valence-corrected chi connectivity index (χ0v) is 19.4. The molecule has 2 amide bonds. The Balaban J connectivity index is 1.77. The maximum absolute atomic E-state index is 13.9. The van der Waals surface area contributed by atoms with E-state index in [0.29, 0.717) is 24.1 Å². The lowest BCUT2D eigenvalue weighted by Gasteiger charge is -2.32. The number of nitrogens with zero attached hydrogens (tertiary/aromatic N) is 6. The number of amides is 2. The Morgan fingerprint density at radius 3 is 2.57 bits per heavy atom. The molecule has 1 saturated heterocycles. The van der Waals surface area contributed by atoms with Crippen LogP contribution in [0.1, 0.15) is 35.8 Å². The number of hydrogen-bond acceptors (Lipinski definition) is 8. The van der Waals surface area contributed by atoms with Crippen molar-refractivity contribution in [2.75, 3.05) is 40.4 Å². The summed E-state index contributed by atoms with van der Waals surface area (Å²) in [4.78, 5) is 40.0. The van der Waals surface area contributed by atoms with Crippen molar-refractivity contribution in [3.8, 4) is 11.7 Å². The van der Waals surface area contributed by atoms with E-state index in [0.717, 1.165) is 11.1 Å². The lowest BCUT2D eigenvalue weighted by molar-refractivity contribution is -0.151. The van der Waals surface area contributed by atoms with Gasteiger partial charge in [0.15, 0.2) is 11.5 Å². The van der Waals surface area contributed by atoms with Gasteiger partial charge in [-0.2, -0.15) is 18.3 Å². The highest BCUT2D eigenvalue weighted by atomic mass is 19.4. The third-order valence-corrected chi connectivity index (χ3v) is 5.43. The quantitative estimate of drug-likeness (QED) is 0.528. The van der Waals surface area contributed by atoms with E-state index in [1.807, 2.05) is 0 Å². The van der Waals surface area contributed by atoms with E-state index in [9.17, 15) is 27.6 Å². The van der Waals surface area contributed by atoms with Crippen LogP contribution in [0.5, 0.6) is 5.88 Å². The molecule has 0 spiro atoms. The fourth-order valence-electron chi connectivity index (χ4n) is 3.72.